The number of hydrogen-bond donors (Lipinski definition) is 1. The second-order valence-corrected chi connectivity index (χ2v) is 3.55. The smallest absolute Gasteiger partial charge is 0.0270 e. The summed E-state index contributed by atoms with van der Waals surface area (Å²) in [5.41, 5.74) is 6.80. The van der Waals surface area contributed by atoms with Gasteiger partial charge in [-0.15, -0.1) is 0 Å². The highest BCUT2D eigenvalue weighted by Crippen LogP contribution is 1.98. The molecular formula is C11H19N3. The molecule has 1 heterocycles. The third-order valence-corrected chi connectivity index (χ3v) is 2.28. The van der Waals surface area contributed by atoms with E-state index < -0.39 is 0 Å². The molecule has 3 heteroatoms. The van der Waals surface area contributed by atoms with Crippen LogP contribution in [0.15, 0.2) is 24.5 Å². The normalized spacial score (nSPS) is 10.8. The van der Waals surface area contributed by atoms with Crippen LogP contribution < -0.4 is 5.73 Å². The van der Waals surface area contributed by atoms with Gasteiger partial charge in [0.05, 0.1) is 0 Å². The molecule has 3 nitrogen and oxygen atoms in total. The molecule has 0 fully saturated rings. The minimum Gasteiger partial charge on any atom is -0.330 e. The first-order valence-corrected chi connectivity index (χ1v) is 5.10. The van der Waals surface area contributed by atoms with E-state index in [2.05, 4.69) is 29.1 Å². The first kappa shape index (κ1) is 11.1. The van der Waals surface area contributed by atoms with Gasteiger partial charge in [-0.1, -0.05) is 0 Å². The Kier molecular flexibility index (Phi) is 5.19. The Morgan fingerprint density at radius 3 is 2.64 bits per heavy atom. The molecule has 0 saturated carbocycles. The number of likely N-dealkylation sites (N-methyl/N-ethyl adjacent to an activating group) is 1. The molecular weight excluding hydrogens is 174 g/mol. The van der Waals surface area contributed by atoms with Crippen molar-refractivity contribution in [2.24, 2.45) is 5.73 Å². The van der Waals surface area contributed by atoms with Crippen molar-refractivity contribution in [3.05, 3.63) is 30.1 Å². The number of pyridine rings is 1. The molecule has 0 atom stereocenters. The lowest BCUT2D eigenvalue weighted by molar-refractivity contribution is 0.335. The minimum absolute atomic E-state index is 0.777. The van der Waals surface area contributed by atoms with E-state index >= 15 is 0 Å². The summed E-state index contributed by atoms with van der Waals surface area (Å²) >= 11 is 0. The van der Waals surface area contributed by atoms with Crippen molar-refractivity contribution in [3.8, 4) is 0 Å². The first-order chi connectivity index (χ1) is 6.83. The molecule has 0 radical (unpaired) electrons. The molecule has 0 amide bonds. The lowest BCUT2D eigenvalue weighted by Crippen LogP contribution is -2.24. The number of aromatic nitrogens is 1. The van der Waals surface area contributed by atoms with Crippen molar-refractivity contribution in [3.63, 3.8) is 0 Å². The van der Waals surface area contributed by atoms with Crippen LogP contribution in [0.4, 0.5) is 0 Å². The largest absolute Gasteiger partial charge is 0.330 e. The van der Waals surface area contributed by atoms with Gasteiger partial charge in [-0.3, -0.25) is 4.98 Å². The van der Waals surface area contributed by atoms with Gasteiger partial charge in [-0.05, 0) is 50.7 Å². The molecule has 2 N–H and O–H groups in total. The molecule has 1 aromatic rings. The van der Waals surface area contributed by atoms with E-state index in [-0.39, 0.29) is 0 Å². The highest BCUT2D eigenvalue weighted by molar-refractivity contribution is 5.09. The maximum absolute atomic E-state index is 5.45. The Labute approximate surface area is 85.9 Å². The highest BCUT2D eigenvalue weighted by atomic mass is 15.1. The van der Waals surface area contributed by atoms with Gasteiger partial charge in [0.25, 0.3) is 0 Å². The standard InChI is InChI=1S/C11H19N3/c1-14(9-2-6-12)10-5-11-3-7-13-8-4-11/h3-4,7-8H,2,5-6,9-10,12H2,1H3. The topological polar surface area (TPSA) is 42.1 Å². The van der Waals surface area contributed by atoms with Crippen LogP contribution in [0.1, 0.15) is 12.0 Å². The maximum Gasteiger partial charge on any atom is 0.0270 e. The molecule has 0 aromatic carbocycles. The van der Waals surface area contributed by atoms with Gasteiger partial charge in [-0.2, -0.15) is 0 Å². The van der Waals surface area contributed by atoms with Gasteiger partial charge in [0.1, 0.15) is 0 Å². The molecule has 0 aliphatic heterocycles. The number of rotatable bonds is 6. The van der Waals surface area contributed by atoms with Gasteiger partial charge >= 0.3 is 0 Å². The Morgan fingerprint density at radius 1 is 1.29 bits per heavy atom. The lowest BCUT2D eigenvalue weighted by Gasteiger charge is -2.15. The van der Waals surface area contributed by atoms with Gasteiger partial charge in [-0.25, -0.2) is 0 Å². The fraction of sp³-hybridized carbons (Fsp3) is 0.545. The summed E-state index contributed by atoms with van der Waals surface area (Å²) in [5.74, 6) is 0. The van der Waals surface area contributed by atoms with Crippen molar-refractivity contribution in [2.75, 3.05) is 26.7 Å². The highest BCUT2D eigenvalue weighted by Gasteiger charge is 1.97. The third-order valence-electron chi connectivity index (χ3n) is 2.28. The van der Waals surface area contributed by atoms with E-state index in [0.717, 1.165) is 32.5 Å². The molecule has 14 heavy (non-hydrogen) atoms. The molecule has 0 aliphatic rings. The first-order valence-electron chi connectivity index (χ1n) is 5.10. The van der Waals surface area contributed by atoms with Crippen molar-refractivity contribution in [1.82, 2.24) is 9.88 Å². The Bertz CT molecular complexity index is 236. The van der Waals surface area contributed by atoms with Gasteiger partial charge in [0.2, 0.25) is 0 Å². The van der Waals surface area contributed by atoms with Gasteiger partial charge < -0.3 is 10.6 Å². The molecule has 78 valence electrons. The molecule has 1 aromatic heterocycles. The summed E-state index contributed by atoms with van der Waals surface area (Å²) in [4.78, 5) is 6.30. The molecule has 1 rings (SSSR count). The number of nitrogens with two attached hydrogens (primary N) is 1. The Morgan fingerprint density at radius 2 is 2.00 bits per heavy atom. The fourth-order valence-corrected chi connectivity index (χ4v) is 1.34. The van der Waals surface area contributed by atoms with E-state index in [9.17, 15) is 0 Å². The third kappa shape index (κ3) is 4.35. The maximum atomic E-state index is 5.45. The second kappa shape index (κ2) is 6.51. The van der Waals surface area contributed by atoms with Crippen LogP contribution in [0, 0.1) is 0 Å². The average molecular weight is 193 g/mol. The fourth-order valence-electron chi connectivity index (χ4n) is 1.34. The summed E-state index contributed by atoms with van der Waals surface area (Å²) < 4.78 is 0. The zero-order valence-corrected chi connectivity index (χ0v) is 8.82. The van der Waals surface area contributed by atoms with Crippen LogP contribution in [0.5, 0.6) is 0 Å². The van der Waals surface area contributed by atoms with E-state index in [1.54, 1.807) is 0 Å². The molecule has 0 aliphatic carbocycles. The van der Waals surface area contributed by atoms with Crippen molar-refractivity contribution < 1.29 is 0 Å². The lowest BCUT2D eigenvalue weighted by atomic mass is 10.2. The van der Waals surface area contributed by atoms with Gasteiger partial charge in [0, 0.05) is 18.9 Å². The minimum atomic E-state index is 0.777. The predicted molar refractivity (Wildman–Crippen MR) is 59.1 cm³/mol. The number of hydrogen-bond acceptors (Lipinski definition) is 3. The Balaban J connectivity index is 2.20. The monoisotopic (exact) mass is 193 g/mol. The molecule has 0 bridgehead atoms. The van der Waals surface area contributed by atoms with Crippen molar-refractivity contribution >= 4 is 0 Å². The van der Waals surface area contributed by atoms with E-state index in [0.29, 0.717) is 0 Å². The summed E-state index contributed by atoms with van der Waals surface area (Å²) in [6, 6.07) is 4.13. The number of nitrogens with zero attached hydrogens (tertiary/aromatic N) is 2. The van der Waals surface area contributed by atoms with Crippen molar-refractivity contribution in [2.45, 2.75) is 12.8 Å². The summed E-state index contributed by atoms with van der Waals surface area (Å²) in [6.07, 6.45) is 5.85. The predicted octanol–water partition coefficient (Wildman–Crippen LogP) is 0.905. The van der Waals surface area contributed by atoms with Gasteiger partial charge in [0.15, 0.2) is 0 Å². The summed E-state index contributed by atoms with van der Waals surface area (Å²) in [5, 5.41) is 0. The zero-order valence-electron chi connectivity index (χ0n) is 8.82. The van der Waals surface area contributed by atoms with Crippen LogP contribution in [0.3, 0.4) is 0 Å². The summed E-state index contributed by atoms with van der Waals surface area (Å²) in [7, 11) is 2.14. The van der Waals surface area contributed by atoms with E-state index in [1.165, 1.54) is 5.56 Å². The Hall–Kier alpha value is -0.930. The van der Waals surface area contributed by atoms with E-state index in [1.807, 2.05) is 12.4 Å². The zero-order chi connectivity index (χ0) is 10.2. The van der Waals surface area contributed by atoms with Crippen LogP contribution in [-0.2, 0) is 6.42 Å². The van der Waals surface area contributed by atoms with Crippen LogP contribution >= 0.6 is 0 Å². The quantitative estimate of drug-likeness (QED) is 0.730. The van der Waals surface area contributed by atoms with Crippen molar-refractivity contribution in [1.29, 1.82) is 0 Å². The molecule has 0 spiro atoms. The summed E-state index contributed by atoms with van der Waals surface area (Å²) in [6.45, 7) is 2.95. The van der Waals surface area contributed by atoms with Crippen LogP contribution in [-0.4, -0.2) is 36.6 Å². The second-order valence-electron chi connectivity index (χ2n) is 3.55. The van der Waals surface area contributed by atoms with Crippen LogP contribution in [0.25, 0.3) is 0 Å². The molecule has 0 saturated heterocycles. The van der Waals surface area contributed by atoms with E-state index in [4.69, 9.17) is 5.73 Å². The average Bonchev–Trinajstić information content (AvgIpc) is 2.25. The molecule has 0 unspecified atom stereocenters. The SMILES string of the molecule is CN(CCCN)CCc1ccncc1. The van der Waals surface area contributed by atoms with Crippen LogP contribution in [0.2, 0.25) is 0 Å².